The zero-order chi connectivity index (χ0) is 22.5. The molecule has 0 rings (SSSR count). The molecule has 0 saturated heterocycles. The van der Waals surface area contributed by atoms with Crippen molar-refractivity contribution < 1.29 is 122 Å². The van der Waals surface area contributed by atoms with E-state index in [0.29, 0.717) is 0 Å². The van der Waals surface area contributed by atoms with Crippen LogP contribution in [0.15, 0.2) is 0 Å². The van der Waals surface area contributed by atoms with Gasteiger partial charge < -0.3 is 45.5 Å². The maximum atomic E-state index is 8.52. The minimum atomic E-state index is -5.17. The molecule has 29 heavy (non-hydrogen) atoms. The van der Waals surface area contributed by atoms with Gasteiger partial charge >= 0.3 is 85.8 Å². The molecule has 0 aliphatic rings. The first kappa shape index (κ1) is 57.7. The SMILES string of the molecule is O=S(=O)([O-])[O-].O=S(=O)([O-])[O-].O=S(=O)([O-])[O-].O=S(=O)([O-])[O-].O=S(=O)([O-])[O-].[Cu+2].[Cu+2].[In+3].[In+3]. The van der Waals surface area contributed by atoms with Gasteiger partial charge in [-0.3, -0.25) is 42.1 Å². The molecule has 0 unspecified atom stereocenters. The first-order chi connectivity index (χ1) is 10.0. The van der Waals surface area contributed by atoms with E-state index in [1.54, 1.807) is 0 Å². The molecule has 0 N–H and O–H groups in total. The Morgan fingerprint density at radius 3 is 0.276 bits per heavy atom. The summed E-state index contributed by atoms with van der Waals surface area (Å²) in [6.45, 7) is 0. The van der Waals surface area contributed by atoms with Crippen molar-refractivity contribution in [1.82, 2.24) is 0 Å². The quantitative estimate of drug-likeness (QED) is 0.124. The normalized spacial score (nSPS) is 10.0. The van der Waals surface area contributed by atoms with Crippen LogP contribution in [0.25, 0.3) is 0 Å². The number of rotatable bonds is 0. The van der Waals surface area contributed by atoms with Crippen LogP contribution < -0.4 is 0 Å². The monoisotopic (exact) mass is 835 g/mol. The topological polar surface area (TPSA) is 401 Å². The van der Waals surface area contributed by atoms with Crippen molar-refractivity contribution in [3.63, 3.8) is 0 Å². The molecule has 0 saturated carbocycles. The van der Waals surface area contributed by atoms with Gasteiger partial charge in [0.2, 0.25) is 0 Å². The second kappa shape index (κ2) is 24.8. The van der Waals surface area contributed by atoms with E-state index < -0.39 is 52.0 Å². The summed E-state index contributed by atoms with van der Waals surface area (Å²) in [6, 6.07) is 0. The Bertz CT molecular complexity index is 629. The summed E-state index contributed by atoms with van der Waals surface area (Å²) < 4.78 is 170. The fraction of sp³-hybridized carbons (Fsp3) is 0. The van der Waals surface area contributed by atoms with Crippen LogP contribution in [0.4, 0.5) is 0 Å². The van der Waals surface area contributed by atoms with Gasteiger partial charge in [-0.2, -0.15) is 0 Å². The minimum absolute atomic E-state index is 0. The van der Waals surface area contributed by atoms with E-state index >= 15 is 0 Å². The Hall–Kier alpha value is 2.13. The van der Waals surface area contributed by atoms with Gasteiger partial charge in [0.15, 0.2) is 0 Å². The predicted molar refractivity (Wildman–Crippen MR) is 63.9 cm³/mol. The smallest absolute Gasteiger partial charge is 0.759 e. The average molecular weight is 837 g/mol. The molecule has 29 heteroatoms. The van der Waals surface area contributed by atoms with Gasteiger partial charge in [0, 0.05) is 52.0 Å². The standard InChI is InChI=1S/2Cu.2In.5H2O4S/c;;;;5*1-5(2,3)4/h;;;;5*(H2,1,2,3,4)/q2*+2;2*+3;;;;;/p-10. The fourth-order valence-corrected chi connectivity index (χ4v) is 0. The summed E-state index contributed by atoms with van der Waals surface area (Å²) in [7, 11) is -25.8. The van der Waals surface area contributed by atoms with E-state index in [4.69, 9.17) is 87.6 Å². The molecular formula is Cu2In2O20S5. The Balaban J connectivity index is -0.0000000238. The summed E-state index contributed by atoms with van der Waals surface area (Å²) in [6.07, 6.45) is 0. The molecule has 0 fully saturated rings. The van der Waals surface area contributed by atoms with Crippen LogP contribution in [0.1, 0.15) is 0 Å². The third-order valence-electron chi connectivity index (χ3n) is 0. The zero-order valence-electron chi connectivity index (χ0n) is 12.0. The van der Waals surface area contributed by atoms with Crippen LogP contribution in [0.5, 0.6) is 0 Å². The Morgan fingerprint density at radius 1 is 0.276 bits per heavy atom. The molecule has 0 aromatic carbocycles. The molecule has 0 spiro atoms. The van der Waals surface area contributed by atoms with Crippen molar-refractivity contribution in [1.29, 1.82) is 0 Å². The average Bonchev–Trinajstić information content (AvgIpc) is 1.79. The van der Waals surface area contributed by atoms with Gasteiger partial charge in [0.25, 0.3) is 0 Å². The van der Waals surface area contributed by atoms with Gasteiger partial charge in [-0.25, -0.2) is 0 Å². The van der Waals surface area contributed by atoms with Crippen molar-refractivity contribution >= 4 is 104 Å². The van der Waals surface area contributed by atoms with Gasteiger partial charge in [-0.15, -0.1) is 0 Å². The molecular weight excluding hydrogens is 837 g/mol. The van der Waals surface area contributed by atoms with Gasteiger partial charge in [0.05, 0.1) is 0 Å². The summed E-state index contributed by atoms with van der Waals surface area (Å²) in [4.78, 5) is 0. The largest absolute Gasteiger partial charge is 3.00 e. The molecule has 0 aliphatic carbocycles. The second-order valence-electron chi connectivity index (χ2n) is 2.04. The van der Waals surface area contributed by atoms with Crippen LogP contribution in [-0.2, 0) is 86.1 Å². The predicted octanol–water partition coefficient (Wildman–Crippen LogP) is -7.46. The third kappa shape index (κ3) is 5260. The molecule has 0 heterocycles. The molecule has 20 nitrogen and oxygen atoms in total. The van der Waals surface area contributed by atoms with Gasteiger partial charge in [0.1, 0.15) is 0 Å². The molecule has 0 aromatic rings. The van der Waals surface area contributed by atoms with E-state index in [2.05, 4.69) is 0 Å². The van der Waals surface area contributed by atoms with Gasteiger partial charge in [-0.05, 0) is 0 Å². The Morgan fingerprint density at radius 2 is 0.276 bits per heavy atom. The van der Waals surface area contributed by atoms with E-state index in [0.717, 1.165) is 0 Å². The van der Waals surface area contributed by atoms with E-state index in [-0.39, 0.29) is 85.8 Å². The first-order valence-corrected chi connectivity index (χ1v) is 10.0. The molecule has 0 bridgehead atoms. The van der Waals surface area contributed by atoms with Crippen molar-refractivity contribution in [3.05, 3.63) is 0 Å². The second-order valence-corrected chi connectivity index (χ2v) is 6.12. The zero-order valence-corrected chi connectivity index (χ0v) is 24.5. The summed E-state index contributed by atoms with van der Waals surface area (Å²) in [5.41, 5.74) is 0. The molecule has 2 radical (unpaired) electrons. The molecule has 0 atom stereocenters. The van der Waals surface area contributed by atoms with Crippen LogP contribution in [-0.4, -0.2) is 139 Å². The van der Waals surface area contributed by atoms with Crippen LogP contribution in [0.3, 0.4) is 0 Å². The maximum Gasteiger partial charge on any atom is 3.00 e. The molecule has 178 valence electrons. The van der Waals surface area contributed by atoms with Crippen LogP contribution in [0.2, 0.25) is 0 Å². The summed E-state index contributed by atoms with van der Waals surface area (Å²) >= 11 is 0. The van der Waals surface area contributed by atoms with E-state index in [9.17, 15) is 0 Å². The van der Waals surface area contributed by atoms with Crippen molar-refractivity contribution in [2.75, 3.05) is 0 Å². The van der Waals surface area contributed by atoms with Crippen LogP contribution in [0, 0.1) is 0 Å². The van der Waals surface area contributed by atoms with Crippen molar-refractivity contribution in [2.45, 2.75) is 0 Å². The number of hydrogen-bond donors (Lipinski definition) is 0. The summed E-state index contributed by atoms with van der Waals surface area (Å²) in [5.74, 6) is 0. The minimum Gasteiger partial charge on any atom is -0.759 e. The molecule has 0 aliphatic heterocycles. The molecule has 0 amide bonds. The van der Waals surface area contributed by atoms with E-state index in [1.807, 2.05) is 0 Å². The summed E-state index contributed by atoms with van der Waals surface area (Å²) in [5, 5.41) is 0. The van der Waals surface area contributed by atoms with Crippen molar-refractivity contribution in [3.8, 4) is 0 Å². The Kier molecular flexibility index (Phi) is 49.3. The van der Waals surface area contributed by atoms with Crippen molar-refractivity contribution in [2.24, 2.45) is 0 Å². The van der Waals surface area contributed by atoms with Crippen LogP contribution >= 0.6 is 0 Å². The molecule has 0 aromatic heterocycles. The number of hydrogen-bond acceptors (Lipinski definition) is 20. The third-order valence-corrected chi connectivity index (χ3v) is 0. The fourth-order valence-electron chi connectivity index (χ4n) is 0. The Labute approximate surface area is 223 Å². The maximum absolute atomic E-state index is 8.52. The van der Waals surface area contributed by atoms with E-state index in [1.165, 1.54) is 0 Å². The van der Waals surface area contributed by atoms with Gasteiger partial charge in [-0.1, -0.05) is 0 Å². The first-order valence-electron chi connectivity index (χ1n) is 3.33.